The molecule has 0 aliphatic carbocycles. The maximum absolute atomic E-state index is 5.11. The van der Waals surface area contributed by atoms with E-state index in [-0.39, 0.29) is 0 Å². The molecule has 1 heterocycles. The fourth-order valence-electron chi connectivity index (χ4n) is 1.55. The molecule has 0 bridgehead atoms. The zero-order valence-corrected chi connectivity index (χ0v) is 9.19. The number of ether oxygens (including phenoxy) is 2. The van der Waals surface area contributed by atoms with Gasteiger partial charge in [0.05, 0.1) is 6.61 Å². The van der Waals surface area contributed by atoms with Crippen LogP contribution in [0.3, 0.4) is 0 Å². The predicted molar refractivity (Wildman–Crippen MR) is 52.9 cm³/mol. The normalized spacial score (nSPS) is 10.8. The van der Waals surface area contributed by atoms with E-state index in [0.29, 0.717) is 6.73 Å². The molecule has 0 fully saturated rings. The average molecular weight is 199 g/mol. The Bertz CT molecular complexity index is 271. The Kier molecular flexibility index (Phi) is 4.62. The van der Waals surface area contributed by atoms with E-state index in [2.05, 4.69) is 22.3 Å². The van der Waals surface area contributed by atoms with Crippen molar-refractivity contribution >= 4 is 0 Å². The first kappa shape index (κ1) is 11.2. The molecule has 0 radical (unpaired) electrons. The van der Waals surface area contributed by atoms with Gasteiger partial charge in [-0.1, -0.05) is 6.92 Å². The minimum absolute atomic E-state index is 0.614. The van der Waals surface area contributed by atoms with E-state index < -0.39 is 0 Å². The van der Waals surface area contributed by atoms with Gasteiger partial charge in [0.1, 0.15) is 18.9 Å². The van der Waals surface area contributed by atoms with Gasteiger partial charge >= 0.3 is 0 Å². The summed E-state index contributed by atoms with van der Waals surface area (Å²) in [5.41, 5.74) is 0. The molecule has 1 aromatic rings. The summed E-state index contributed by atoms with van der Waals surface area (Å²) in [6.07, 6.45) is 5.11. The van der Waals surface area contributed by atoms with Crippen molar-refractivity contribution in [3.63, 3.8) is 0 Å². The number of methoxy groups -OCH3 is 2. The number of hydrogen-bond donors (Lipinski definition) is 0. The molecule has 14 heavy (non-hydrogen) atoms. The van der Waals surface area contributed by atoms with E-state index in [9.17, 15) is 0 Å². The second kappa shape index (κ2) is 5.78. The highest BCUT2D eigenvalue weighted by Gasteiger charge is 2.13. The molecule has 0 N–H and O–H groups in total. The molecule has 0 amide bonds. The Morgan fingerprint density at radius 2 is 2.14 bits per heavy atom. The minimum Gasteiger partial charge on any atom is -0.381 e. The Morgan fingerprint density at radius 3 is 2.71 bits per heavy atom. The van der Waals surface area contributed by atoms with Gasteiger partial charge in [-0.2, -0.15) is 0 Å². The van der Waals surface area contributed by atoms with Gasteiger partial charge in [0.25, 0.3) is 5.82 Å². The minimum atomic E-state index is 0.614. The molecule has 0 unspecified atom stereocenters. The lowest BCUT2D eigenvalue weighted by Gasteiger charge is -2.01. The van der Waals surface area contributed by atoms with E-state index in [0.717, 1.165) is 19.6 Å². The Balaban J connectivity index is 2.73. The maximum Gasteiger partial charge on any atom is 0.258 e. The Hall–Kier alpha value is -0.870. The monoisotopic (exact) mass is 199 g/mol. The van der Waals surface area contributed by atoms with Crippen molar-refractivity contribution in [2.45, 2.75) is 26.6 Å². The summed E-state index contributed by atoms with van der Waals surface area (Å²) in [6, 6.07) is 0. The topological polar surface area (TPSA) is 27.3 Å². The van der Waals surface area contributed by atoms with Gasteiger partial charge in [0.15, 0.2) is 6.73 Å². The highest BCUT2D eigenvalue weighted by Crippen LogP contribution is 1.97. The van der Waals surface area contributed by atoms with Crippen LogP contribution < -0.4 is 4.57 Å². The van der Waals surface area contributed by atoms with Gasteiger partial charge in [-0.3, -0.25) is 0 Å². The largest absolute Gasteiger partial charge is 0.381 e. The van der Waals surface area contributed by atoms with Crippen molar-refractivity contribution in [1.29, 1.82) is 0 Å². The molecule has 4 heteroatoms. The molecule has 0 saturated heterocycles. The molecule has 0 aliphatic rings. The summed E-state index contributed by atoms with van der Waals surface area (Å²) in [5, 5.41) is 0. The summed E-state index contributed by atoms with van der Waals surface area (Å²) in [4.78, 5) is 0. The Labute approximate surface area is 85.1 Å². The van der Waals surface area contributed by atoms with E-state index in [1.807, 2.05) is 6.20 Å². The van der Waals surface area contributed by atoms with E-state index in [1.54, 1.807) is 14.2 Å². The second-order valence-electron chi connectivity index (χ2n) is 3.14. The number of rotatable bonds is 6. The van der Waals surface area contributed by atoms with Crippen molar-refractivity contribution in [3.8, 4) is 0 Å². The van der Waals surface area contributed by atoms with Crippen molar-refractivity contribution < 1.29 is 14.0 Å². The van der Waals surface area contributed by atoms with Crippen LogP contribution in [-0.4, -0.2) is 25.4 Å². The van der Waals surface area contributed by atoms with E-state index >= 15 is 0 Å². The predicted octanol–water partition coefficient (Wildman–Crippen LogP) is 0.588. The second-order valence-corrected chi connectivity index (χ2v) is 3.14. The molecule has 1 aromatic heterocycles. The van der Waals surface area contributed by atoms with E-state index in [1.165, 1.54) is 5.82 Å². The van der Waals surface area contributed by atoms with E-state index in [4.69, 9.17) is 9.47 Å². The molecular weight excluding hydrogens is 180 g/mol. The van der Waals surface area contributed by atoms with Gasteiger partial charge in [-0.25, -0.2) is 9.13 Å². The summed E-state index contributed by atoms with van der Waals surface area (Å²) in [6.45, 7) is 4.40. The quantitative estimate of drug-likeness (QED) is 0.627. The van der Waals surface area contributed by atoms with Crippen LogP contribution in [0.15, 0.2) is 12.4 Å². The van der Waals surface area contributed by atoms with Crippen molar-refractivity contribution in [3.05, 3.63) is 18.2 Å². The van der Waals surface area contributed by atoms with Gasteiger partial charge < -0.3 is 9.47 Å². The molecular formula is C10H19N2O2+. The molecule has 0 aromatic carbocycles. The highest BCUT2D eigenvalue weighted by molar-refractivity contribution is 4.82. The zero-order valence-electron chi connectivity index (χ0n) is 9.19. The standard InChI is InChI=1S/C10H19N2O2/c1-4-10-11(7-8-13-2)5-6-12(10)9-14-3/h5-6H,4,7-9H2,1-3H3/q+1. The lowest BCUT2D eigenvalue weighted by molar-refractivity contribution is -0.737. The van der Waals surface area contributed by atoms with Crippen molar-refractivity contribution in [2.24, 2.45) is 0 Å². The summed E-state index contributed by atoms with van der Waals surface area (Å²) >= 11 is 0. The lowest BCUT2D eigenvalue weighted by atomic mass is 10.4. The first-order valence-corrected chi connectivity index (χ1v) is 4.88. The summed E-state index contributed by atoms with van der Waals surface area (Å²) < 4.78 is 14.5. The molecule has 1 rings (SSSR count). The first-order valence-electron chi connectivity index (χ1n) is 4.88. The van der Waals surface area contributed by atoms with Crippen LogP contribution in [0.25, 0.3) is 0 Å². The highest BCUT2D eigenvalue weighted by atomic mass is 16.5. The summed E-state index contributed by atoms with van der Waals surface area (Å²) in [7, 11) is 3.43. The van der Waals surface area contributed by atoms with Gasteiger partial charge in [-0.05, 0) is 0 Å². The molecule has 0 atom stereocenters. The van der Waals surface area contributed by atoms with Crippen LogP contribution in [0.4, 0.5) is 0 Å². The van der Waals surface area contributed by atoms with Crippen LogP contribution in [0, 0.1) is 0 Å². The number of hydrogen-bond acceptors (Lipinski definition) is 2. The lowest BCUT2D eigenvalue weighted by Crippen LogP contribution is -2.38. The van der Waals surface area contributed by atoms with Crippen LogP contribution in [0.1, 0.15) is 12.7 Å². The SMILES string of the molecule is CCc1n(CCOC)cc[n+]1COC. The third-order valence-corrected chi connectivity index (χ3v) is 2.21. The Morgan fingerprint density at radius 1 is 1.36 bits per heavy atom. The zero-order chi connectivity index (χ0) is 10.4. The number of imidazole rings is 1. The van der Waals surface area contributed by atoms with Gasteiger partial charge in [0.2, 0.25) is 0 Å². The van der Waals surface area contributed by atoms with Crippen LogP contribution in [0.5, 0.6) is 0 Å². The fraction of sp³-hybridized carbons (Fsp3) is 0.700. The molecule has 4 nitrogen and oxygen atoms in total. The van der Waals surface area contributed by atoms with Crippen LogP contribution in [-0.2, 0) is 29.2 Å². The first-order chi connectivity index (χ1) is 6.83. The van der Waals surface area contributed by atoms with Crippen molar-refractivity contribution in [2.75, 3.05) is 20.8 Å². The van der Waals surface area contributed by atoms with Crippen molar-refractivity contribution in [1.82, 2.24) is 4.57 Å². The third kappa shape index (κ3) is 2.56. The number of aromatic nitrogens is 2. The maximum atomic E-state index is 5.11. The average Bonchev–Trinajstić information content (AvgIpc) is 2.58. The van der Waals surface area contributed by atoms with Gasteiger partial charge in [-0.15, -0.1) is 0 Å². The van der Waals surface area contributed by atoms with Crippen LogP contribution >= 0.6 is 0 Å². The van der Waals surface area contributed by atoms with Crippen LogP contribution in [0.2, 0.25) is 0 Å². The fourth-order valence-corrected chi connectivity index (χ4v) is 1.55. The third-order valence-electron chi connectivity index (χ3n) is 2.21. The smallest absolute Gasteiger partial charge is 0.258 e. The van der Waals surface area contributed by atoms with Gasteiger partial charge in [0, 0.05) is 20.6 Å². The molecule has 0 spiro atoms. The summed E-state index contributed by atoms with van der Waals surface area (Å²) in [5.74, 6) is 1.27. The molecule has 80 valence electrons. The molecule has 0 saturated carbocycles. The molecule has 0 aliphatic heterocycles. The number of nitrogens with zero attached hydrogens (tertiary/aromatic N) is 2.